The zero-order valence-corrected chi connectivity index (χ0v) is 10.3. The number of hydrogen-bond acceptors (Lipinski definition) is 4. The minimum Gasteiger partial charge on any atom is -0.464 e. The monoisotopic (exact) mass is 251 g/mol. The molecule has 0 saturated heterocycles. The first-order valence-corrected chi connectivity index (χ1v) is 6.38. The number of ether oxygens (including phenoxy) is 1. The molecule has 0 spiro atoms. The van der Waals surface area contributed by atoms with Crippen molar-refractivity contribution in [3.05, 3.63) is 12.2 Å². The second-order valence-corrected chi connectivity index (χ2v) is 4.66. The molecule has 1 saturated carbocycles. The van der Waals surface area contributed by atoms with E-state index in [0.29, 0.717) is 0 Å². The molecule has 0 N–H and O–H groups in total. The molecule has 0 aromatic rings. The summed E-state index contributed by atoms with van der Waals surface area (Å²) in [5, 5.41) is 0. The number of amides is 2. The van der Waals surface area contributed by atoms with Crippen molar-refractivity contribution in [2.24, 2.45) is 5.92 Å². The molecule has 1 fully saturated rings. The predicted octanol–water partition coefficient (Wildman–Crippen LogP) is 1.03. The van der Waals surface area contributed by atoms with Gasteiger partial charge in [-0.25, -0.2) is 0 Å². The lowest BCUT2D eigenvalue weighted by molar-refractivity contribution is -0.152. The van der Waals surface area contributed by atoms with E-state index in [0.717, 1.165) is 30.6 Å². The molecule has 1 heterocycles. The van der Waals surface area contributed by atoms with E-state index in [1.807, 2.05) is 0 Å². The van der Waals surface area contributed by atoms with E-state index in [9.17, 15) is 14.4 Å². The first-order valence-electron chi connectivity index (χ1n) is 6.38. The molecule has 0 bridgehead atoms. The third-order valence-electron chi connectivity index (χ3n) is 3.40. The molecule has 0 radical (unpaired) electrons. The van der Waals surface area contributed by atoms with Gasteiger partial charge in [-0.3, -0.25) is 19.3 Å². The Morgan fingerprint density at radius 1 is 1.17 bits per heavy atom. The molecule has 0 unspecified atom stereocenters. The number of esters is 1. The fourth-order valence-corrected chi connectivity index (χ4v) is 2.35. The van der Waals surface area contributed by atoms with Crippen molar-refractivity contribution in [3.8, 4) is 0 Å². The van der Waals surface area contributed by atoms with Gasteiger partial charge in [0.1, 0.15) is 6.61 Å². The van der Waals surface area contributed by atoms with Gasteiger partial charge in [0.05, 0.1) is 12.5 Å². The van der Waals surface area contributed by atoms with Crippen LogP contribution in [0.3, 0.4) is 0 Å². The molecule has 0 atom stereocenters. The molecular weight excluding hydrogens is 234 g/mol. The van der Waals surface area contributed by atoms with Crippen LogP contribution in [0, 0.1) is 5.92 Å². The van der Waals surface area contributed by atoms with Crippen LogP contribution in [0.5, 0.6) is 0 Å². The minimum absolute atomic E-state index is 0.00172. The first-order chi connectivity index (χ1) is 8.68. The van der Waals surface area contributed by atoms with Crippen LogP contribution in [0.15, 0.2) is 12.2 Å². The summed E-state index contributed by atoms with van der Waals surface area (Å²) in [6, 6.07) is 0. The Bertz CT molecular complexity index is 364. The van der Waals surface area contributed by atoms with Crippen molar-refractivity contribution in [2.45, 2.75) is 32.1 Å². The molecule has 0 aromatic heterocycles. The Hall–Kier alpha value is -1.65. The summed E-state index contributed by atoms with van der Waals surface area (Å²) < 4.78 is 5.13. The van der Waals surface area contributed by atoms with Crippen LogP contribution >= 0.6 is 0 Å². The highest BCUT2D eigenvalue weighted by atomic mass is 16.5. The van der Waals surface area contributed by atoms with Crippen LogP contribution in [0.1, 0.15) is 32.1 Å². The normalized spacial score (nSPS) is 20.6. The lowest BCUT2D eigenvalue weighted by Gasteiger charge is -2.20. The quantitative estimate of drug-likeness (QED) is 0.553. The van der Waals surface area contributed by atoms with Gasteiger partial charge in [0.2, 0.25) is 0 Å². The number of carbonyl (C=O) groups excluding carboxylic acids is 3. The van der Waals surface area contributed by atoms with E-state index in [2.05, 4.69) is 0 Å². The highest BCUT2D eigenvalue weighted by molar-refractivity contribution is 6.12. The van der Waals surface area contributed by atoms with Crippen LogP contribution < -0.4 is 0 Å². The zero-order valence-electron chi connectivity index (χ0n) is 10.3. The van der Waals surface area contributed by atoms with Crippen LogP contribution in [-0.4, -0.2) is 35.8 Å². The van der Waals surface area contributed by atoms with Gasteiger partial charge < -0.3 is 4.74 Å². The molecule has 5 heteroatoms. The van der Waals surface area contributed by atoms with Crippen molar-refractivity contribution in [3.63, 3.8) is 0 Å². The van der Waals surface area contributed by atoms with Crippen molar-refractivity contribution in [2.75, 3.05) is 13.2 Å². The number of nitrogens with zero attached hydrogens (tertiary/aromatic N) is 1. The van der Waals surface area contributed by atoms with E-state index in [-0.39, 0.29) is 36.9 Å². The third-order valence-corrected chi connectivity index (χ3v) is 3.40. The second kappa shape index (κ2) is 5.80. The summed E-state index contributed by atoms with van der Waals surface area (Å²) in [5.74, 6) is -0.869. The van der Waals surface area contributed by atoms with Crippen LogP contribution in [0.25, 0.3) is 0 Å². The highest BCUT2D eigenvalue weighted by Crippen LogP contribution is 2.24. The summed E-state index contributed by atoms with van der Waals surface area (Å²) in [6.07, 6.45) is 7.58. The SMILES string of the molecule is O=C(OCCN1C(=O)C=CC1=O)C1CCCCC1. The lowest BCUT2D eigenvalue weighted by atomic mass is 9.89. The Balaban J connectivity index is 1.70. The van der Waals surface area contributed by atoms with E-state index >= 15 is 0 Å². The second-order valence-electron chi connectivity index (χ2n) is 4.66. The zero-order chi connectivity index (χ0) is 13.0. The van der Waals surface area contributed by atoms with Gasteiger partial charge in [0, 0.05) is 12.2 Å². The first kappa shape index (κ1) is 12.8. The van der Waals surface area contributed by atoms with Crippen molar-refractivity contribution in [1.82, 2.24) is 4.90 Å². The molecule has 1 aliphatic heterocycles. The summed E-state index contributed by atoms with van der Waals surface area (Å²) in [5.41, 5.74) is 0. The van der Waals surface area contributed by atoms with Crippen molar-refractivity contribution < 1.29 is 19.1 Å². The molecule has 1 aliphatic carbocycles. The average molecular weight is 251 g/mol. The van der Waals surface area contributed by atoms with Crippen LogP contribution in [0.2, 0.25) is 0 Å². The van der Waals surface area contributed by atoms with Crippen LogP contribution in [-0.2, 0) is 19.1 Å². The van der Waals surface area contributed by atoms with Crippen molar-refractivity contribution >= 4 is 17.8 Å². The predicted molar refractivity (Wildman–Crippen MR) is 63.4 cm³/mol. The van der Waals surface area contributed by atoms with Gasteiger partial charge in [-0.2, -0.15) is 0 Å². The maximum Gasteiger partial charge on any atom is 0.308 e. The largest absolute Gasteiger partial charge is 0.464 e. The smallest absolute Gasteiger partial charge is 0.308 e. The minimum atomic E-state index is -0.339. The Morgan fingerprint density at radius 2 is 1.78 bits per heavy atom. The fraction of sp³-hybridized carbons (Fsp3) is 0.615. The maximum absolute atomic E-state index is 11.7. The Kier molecular flexibility index (Phi) is 4.12. The molecule has 2 amide bonds. The average Bonchev–Trinajstić information content (AvgIpc) is 2.71. The maximum atomic E-state index is 11.7. The molecular formula is C13H17NO4. The summed E-state index contributed by atoms with van der Waals surface area (Å²) in [4.78, 5) is 35.3. The van der Waals surface area contributed by atoms with Crippen molar-refractivity contribution in [1.29, 1.82) is 0 Å². The molecule has 0 aromatic carbocycles. The molecule has 2 aliphatic rings. The summed E-state index contributed by atoms with van der Waals surface area (Å²) >= 11 is 0. The number of rotatable bonds is 4. The van der Waals surface area contributed by atoms with Gasteiger partial charge in [0.15, 0.2) is 0 Å². The number of carbonyl (C=O) groups is 3. The topological polar surface area (TPSA) is 63.7 Å². The van der Waals surface area contributed by atoms with E-state index in [4.69, 9.17) is 4.74 Å². The standard InChI is InChI=1S/C13H17NO4/c15-11-6-7-12(16)14(11)8-9-18-13(17)10-4-2-1-3-5-10/h6-7,10H,1-5,8-9H2. The Morgan fingerprint density at radius 3 is 2.39 bits per heavy atom. The van der Waals surface area contributed by atoms with Crippen LogP contribution in [0.4, 0.5) is 0 Å². The van der Waals surface area contributed by atoms with E-state index < -0.39 is 0 Å². The number of hydrogen-bond donors (Lipinski definition) is 0. The fourth-order valence-electron chi connectivity index (χ4n) is 2.35. The lowest BCUT2D eigenvalue weighted by Crippen LogP contribution is -2.34. The third kappa shape index (κ3) is 2.97. The van der Waals surface area contributed by atoms with E-state index in [1.54, 1.807) is 0 Å². The Labute approximate surface area is 106 Å². The van der Waals surface area contributed by atoms with Gasteiger partial charge in [-0.1, -0.05) is 19.3 Å². The summed E-state index contributed by atoms with van der Waals surface area (Å²) in [7, 11) is 0. The van der Waals surface area contributed by atoms with E-state index in [1.165, 1.54) is 18.6 Å². The van der Waals surface area contributed by atoms with Gasteiger partial charge in [0.25, 0.3) is 11.8 Å². The molecule has 18 heavy (non-hydrogen) atoms. The summed E-state index contributed by atoms with van der Waals surface area (Å²) in [6.45, 7) is 0.234. The molecule has 98 valence electrons. The van der Waals surface area contributed by atoms with Gasteiger partial charge in [-0.05, 0) is 12.8 Å². The van der Waals surface area contributed by atoms with Gasteiger partial charge in [-0.15, -0.1) is 0 Å². The molecule has 5 nitrogen and oxygen atoms in total. The number of imide groups is 1. The van der Waals surface area contributed by atoms with Gasteiger partial charge >= 0.3 is 5.97 Å². The highest BCUT2D eigenvalue weighted by Gasteiger charge is 2.25. The molecule has 2 rings (SSSR count).